The topological polar surface area (TPSA) is 26.0 Å². The largest absolute Gasteiger partial charge is 0.399 e. The number of hydrogen-bond donors (Lipinski definition) is 1. The van der Waals surface area contributed by atoms with E-state index >= 15 is 0 Å². The summed E-state index contributed by atoms with van der Waals surface area (Å²) in [6, 6.07) is 13.1. The number of benzene rings is 2. The van der Waals surface area contributed by atoms with Crippen molar-refractivity contribution >= 4 is 5.69 Å². The number of hydrogen-bond acceptors (Lipinski definition) is 1. The van der Waals surface area contributed by atoms with Gasteiger partial charge in [0.2, 0.25) is 0 Å². The predicted octanol–water partition coefficient (Wildman–Crippen LogP) is 4.34. The van der Waals surface area contributed by atoms with Crippen LogP contribution >= 0.6 is 0 Å². The molecule has 1 fully saturated rings. The molecule has 0 saturated heterocycles. The Balaban J connectivity index is 1.91. The minimum Gasteiger partial charge on any atom is -0.399 e. The molecule has 1 nitrogen and oxygen atoms in total. The molecule has 1 aliphatic rings. The molecule has 1 aliphatic carbocycles. The number of rotatable bonds is 2. The molecule has 0 spiro atoms. The molecule has 0 amide bonds. The van der Waals surface area contributed by atoms with Crippen molar-refractivity contribution in [1.82, 2.24) is 0 Å². The highest BCUT2D eigenvalue weighted by atomic mass is 19.1. The van der Waals surface area contributed by atoms with Crippen LogP contribution in [0.4, 0.5) is 10.1 Å². The predicted molar refractivity (Wildman–Crippen MR) is 72.8 cm³/mol. The van der Waals surface area contributed by atoms with Gasteiger partial charge in [0, 0.05) is 11.3 Å². The Bertz CT molecular complexity index is 556. The molecule has 2 heteroatoms. The standard InChI is InChI=1S/C16H16FN/c17-16-10-14(18)8-9-15(16)13-6-4-12(5-7-13)11-2-1-3-11/h4-11H,1-3,18H2. The molecule has 0 aliphatic heterocycles. The van der Waals surface area contributed by atoms with E-state index in [0.29, 0.717) is 11.3 Å². The molecule has 0 atom stereocenters. The smallest absolute Gasteiger partial charge is 0.133 e. The molecular weight excluding hydrogens is 225 g/mol. The van der Waals surface area contributed by atoms with E-state index in [1.165, 1.54) is 30.9 Å². The third-order valence-corrected chi connectivity index (χ3v) is 3.79. The Kier molecular flexibility index (Phi) is 2.78. The average molecular weight is 241 g/mol. The lowest BCUT2D eigenvalue weighted by Crippen LogP contribution is -2.08. The second-order valence-corrected chi connectivity index (χ2v) is 4.99. The van der Waals surface area contributed by atoms with E-state index in [4.69, 9.17) is 5.73 Å². The molecule has 1 saturated carbocycles. The summed E-state index contributed by atoms with van der Waals surface area (Å²) in [5.41, 5.74) is 8.92. The van der Waals surface area contributed by atoms with Gasteiger partial charge < -0.3 is 5.73 Å². The maximum atomic E-state index is 13.8. The summed E-state index contributed by atoms with van der Waals surface area (Å²) in [5, 5.41) is 0. The Hall–Kier alpha value is -1.83. The Morgan fingerprint density at radius 3 is 2.28 bits per heavy atom. The molecule has 0 bridgehead atoms. The summed E-state index contributed by atoms with van der Waals surface area (Å²) in [4.78, 5) is 0. The van der Waals surface area contributed by atoms with Crippen molar-refractivity contribution in [1.29, 1.82) is 0 Å². The molecule has 18 heavy (non-hydrogen) atoms. The van der Waals surface area contributed by atoms with Gasteiger partial charge in [0.25, 0.3) is 0 Å². The SMILES string of the molecule is Nc1ccc(-c2ccc(C3CCC3)cc2)c(F)c1. The molecule has 0 heterocycles. The fourth-order valence-electron chi connectivity index (χ4n) is 2.44. The van der Waals surface area contributed by atoms with Crippen LogP contribution in [0.1, 0.15) is 30.7 Å². The second-order valence-electron chi connectivity index (χ2n) is 4.99. The van der Waals surface area contributed by atoms with Gasteiger partial charge in [0.1, 0.15) is 5.82 Å². The molecule has 2 aromatic carbocycles. The van der Waals surface area contributed by atoms with E-state index < -0.39 is 0 Å². The molecule has 0 aromatic heterocycles. The van der Waals surface area contributed by atoms with Gasteiger partial charge in [-0.1, -0.05) is 30.7 Å². The van der Waals surface area contributed by atoms with E-state index in [1.807, 2.05) is 12.1 Å². The van der Waals surface area contributed by atoms with E-state index in [2.05, 4.69) is 12.1 Å². The van der Waals surface area contributed by atoms with Gasteiger partial charge in [-0.15, -0.1) is 0 Å². The van der Waals surface area contributed by atoms with Gasteiger partial charge in [-0.25, -0.2) is 4.39 Å². The third kappa shape index (κ3) is 1.99. The Labute approximate surface area is 106 Å². The fourth-order valence-corrected chi connectivity index (χ4v) is 2.44. The van der Waals surface area contributed by atoms with E-state index in [-0.39, 0.29) is 5.82 Å². The molecular formula is C16H16FN. The van der Waals surface area contributed by atoms with Crippen LogP contribution < -0.4 is 5.73 Å². The van der Waals surface area contributed by atoms with Gasteiger partial charge in [0.15, 0.2) is 0 Å². The summed E-state index contributed by atoms with van der Waals surface area (Å²) in [7, 11) is 0. The van der Waals surface area contributed by atoms with Crippen molar-refractivity contribution in [3.63, 3.8) is 0 Å². The fraction of sp³-hybridized carbons (Fsp3) is 0.250. The van der Waals surface area contributed by atoms with Crippen LogP contribution in [-0.4, -0.2) is 0 Å². The van der Waals surface area contributed by atoms with Crippen LogP contribution in [0, 0.1) is 5.82 Å². The lowest BCUT2D eigenvalue weighted by atomic mass is 9.80. The Morgan fingerprint density at radius 2 is 1.72 bits per heavy atom. The summed E-state index contributed by atoms with van der Waals surface area (Å²) < 4.78 is 13.8. The zero-order valence-electron chi connectivity index (χ0n) is 10.2. The van der Waals surface area contributed by atoms with Crippen molar-refractivity contribution in [2.24, 2.45) is 0 Å². The summed E-state index contributed by atoms with van der Waals surface area (Å²) in [5.74, 6) is 0.460. The Morgan fingerprint density at radius 1 is 1.00 bits per heavy atom. The van der Waals surface area contributed by atoms with Crippen molar-refractivity contribution < 1.29 is 4.39 Å². The maximum Gasteiger partial charge on any atom is 0.133 e. The zero-order chi connectivity index (χ0) is 12.5. The monoisotopic (exact) mass is 241 g/mol. The van der Waals surface area contributed by atoms with Crippen molar-refractivity contribution in [2.75, 3.05) is 5.73 Å². The summed E-state index contributed by atoms with van der Waals surface area (Å²) in [6.45, 7) is 0. The van der Waals surface area contributed by atoms with Crippen molar-refractivity contribution in [3.8, 4) is 11.1 Å². The number of anilines is 1. The zero-order valence-corrected chi connectivity index (χ0v) is 10.2. The van der Waals surface area contributed by atoms with Crippen LogP contribution in [0.5, 0.6) is 0 Å². The molecule has 0 unspecified atom stereocenters. The molecule has 0 radical (unpaired) electrons. The van der Waals surface area contributed by atoms with Gasteiger partial charge in [-0.2, -0.15) is 0 Å². The number of halogens is 1. The van der Waals surface area contributed by atoms with Crippen LogP contribution in [0.3, 0.4) is 0 Å². The van der Waals surface area contributed by atoms with Gasteiger partial charge in [-0.05, 0) is 48.1 Å². The van der Waals surface area contributed by atoms with E-state index in [1.54, 1.807) is 12.1 Å². The highest BCUT2D eigenvalue weighted by Crippen LogP contribution is 2.37. The normalized spacial score (nSPS) is 15.4. The van der Waals surface area contributed by atoms with Crippen LogP contribution in [-0.2, 0) is 0 Å². The quantitative estimate of drug-likeness (QED) is 0.777. The van der Waals surface area contributed by atoms with Crippen molar-refractivity contribution in [3.05, 3.63) is 53.8 Å². The summed E-state index contributed by atoms with van der Waals surface area (Å²) >= 11 is 0. The first-order valence-electron chi connectivity index (χ1n) is 6.39. The molecule has 3 rings (SSSR count). The van der Waals surface area contributed by atoms with Crippen LogP contribution in [0.15, 0.2) is 42.5 Å². The molecule has 92 valence electrons. The minimum absolute atomic E-state index is 0.258. The first-order valence-corrected chi connectivity index (χ1v) is 6.39. The number of nitrogen functional groups attached to an aromatic ring is 1. The van der Waals surface area contributed by atoms with Gasteiger partial charge in [-0.3, -0.25) is 0 Å². The average Bonchev–Trinajstić information content (AvgIpc) is 2.28. The first kappa shape index (κ1) is 11.3. The minimum atomic E-state index is -0.258. The lowest BCUT2D eigenvalue weighted by molar-refractivity contribution is 0.420. The first-order chi connectivity index (χ1) is 8.74. The van der Waals surface area contributed by atoms with Crippen LogP contribution in [0.25, 0.3) is 11.1 Å². The third-order valence-electron chi connectivity index (χ3n) is 3.79. The highest BCUT2D eigenvalue weighted by Gasteiger charge is 2.19. The highest BCUT2D eigenvalue weighted by molar-refractivity contribution is 5.66. The molecule has 2 N–H and O–H groups in total. The summed E-state index contributed by atoms with van der Waals surface area (Å²) in [6.07, 6.45) is 3.91. The number of nitrogens with two attached hydrogens (primary N) is 1. The maximum absolute atomic E-state index is 13.8. The van der Waals surface area contributed by atoms with Gasteiger partial charge >= 0.3 is 0 Å². The second kappa shape index (κ2) is 4.45. The van der Waals surface area contributed by atoms with E-state index in [0.717, 1.165) is 11.5 Å². The van der Waals surface area contributed by atoms with Crippen LogP contribution in [0.2, 0.25) is 0 Å². The van der Waals surface area contributed by atoms with E-state index in [9.17, 15) is 4.39 Å². The van der Waals surface area contributed by atoms with Gasteiger partial charge in [0.05, 0.1) is 0 Å². The molecule has 2 aromatic rings. The van der Waals surface area contributed by atoms with Crippen molar-refractivity contribution in [2.45, 2.75) is 25.2 Å². The lowest BCUT2D eigenvalue weighted by Gasteiger charge is -2.25.